The van der Waals surface area contributed by atoms with E-state index in [-0.39, 0.29) is 18.9 Å². The Hall–Kier alpha value is -3.00. The molecule has 1 heterocycles. The Labute approximate surface area is 187 Å². The number of amides is 1. The molecule has 1 amide bonds. The molecule has 2 aromatic rings. The summed E-state index contributed by atoms with van der Waals surface area (Å²) in [6, 6.07) is 12.9. The summed E-state index contributed by atoms with van der Waals surface area (Å²) in [5.41, 5.74) is 2.66. The maximum absolute atomic E-state index is 13.4. The minimum Gasteiger partial charge on any atom is -0.466 e. The molecule has 164 valence electrons. The maximum Gasteiger partial charge on any atom is 0.308 e. The predicted molar refractivity (Wildman–Crippen MR) is 123 cm³/mol. The molecule has 1 aliphatic rings. The fraction of sp³-hybridized carbons (Fsp3) is 0.348. The minimum atomic E-state index is -0.752. The number of benzene rings is 2. The van der Waals surface area contributed by atoms with E-state index in [2.05, 4.69) is 0 Å². The summed E-state index contributed by atoms with van der Waals surface area (Å²) < 4.78 is 18.4. The Morgan fingerprint density at radius 3 is 2.35 bits per heavy atom. The summed E-state index contributed by atoms with van der Waals surface area (Å²) in [6.45, 7) is 2.43. The quantitative estimate of drug-likeness (QED) is 0.461. The second kappa shape index (κ2) is 9.87. The number of thiocarbonyl (C=S) groups is 1. The highest BCUT2D eigenvalue weighted by Gasteiger charge is 2.44. The number of rotatable bonds is 8. The Morgan fingerprint density at radius 2 is 1.77 bits per heavy atom. The molecule has 0 N–H and O–H groups in total. The third kappa shape index (κ3) is 5.19. The van der Waals surface area contributed by atoms with Gasteiger partial charge >= 0.3 is 5.97 Å². The van der Waals surface area contributed by atoms with Gasteiger partial charge in [-0.2, -0.15) is 0 Å². The van der Waals surface area contributed by atoms with Gasteiger partial charge in [0.1, 0.15) is 11.9 Å². The third-order valence-corrected chi connectivity index (χ3v) is 5.58. The van der Waals surface area contributed by atoms with Crippen LogP contribution in [0.4, 0.5) is 15.8 Å². The third-order valence-electron chi connectivity index (χ3n) is 5.16. The molecule has 1 fully saturated rings. The van der Waals surface area contributed by atoms with Crippen molar-refractivity contribution in [1.29, 1.82) is 0 Å². The molecule has 1 unspecified atom stereocenters. The van der Waals surface area contributed by atoms with Gasteiger partial charge < -0.3 is 14.5 Å². The molecule has 1 atom stereocenters. The largest absolute Gasteiger partial charge is 0.466 e. The average Bonchev–Trinajstić information content (AvgIpc) is 2.97. The van der Waals surface area contributed by atoms with Gasteiger partial charge in [-0.1, -0.05) is 12.1 Å². The predicted octanol–water partition coefficient (Wildman–Crippen LogP) is 3.39. The second-order valence-corrected chi connectivity index (χ2v) is 7.83. The normalized spacial score (nSPS) is 16.1. The van der Waals surface area contributed by atoms with Crippen LogP contribution in [0.5, 0.6) is 0 Å². The van der Waals surface area contributed by atoms with E-state index in [9.17, 15) is 14.0 Å². The number of hydrogen-bond donors (Lipinski definition) is 0. The summed E-state index contributed by atoms with van der Waals surface area (Å²) in [5.74, 6) is -1.17. The van der Waals surface area contributed by atoms with Gasteiger partial charge in [-0.3, -0.25) is 14.5 Å². The van der Waals surface area contributed by atoms with Crippen molar-refractivity contribution in [1.82, 2.24) is 4.90 Å². The molecule has 8 heteroatoms. The molecule has 0 bridgehead atoms. The van der Waals surface area contributed by atoms with E-state index in [4.69, 9.17) is 17.0 Å². The van der Waals surface area contributed by atoms with Crippen LogP contribution in [0.15, 0.2) is 48.5 Å². The molecular weight excluding hydrogens is 417 g/mol. The monoisotopic (exact) mass is 443 g/mol. The number of esters is 1. The lowest BCUT2D eigenvalue weighted by Gasteiger charge is -2.24. The van der Waals surface area contributed by atoms with Crippen LogP contribution < -0.4 is 9.80 Å². The molecule has 31 heavy (non-hydrogen) atoms. The highest BCUT2D eigenvalue weighted by Crippen LogP contribution is 2.28. The van der Waals surface area contributed by atoms with Gasteiger partial charge in [0.05, 0.1) is 18.7 Å². The van der Waals surface area contributed by atoms with Crippen LogP contribution in [0.1, 0.15) is 18.9 Å². The summed E-state index contributed by atoms with van der Waals surface area (Å²) in [7, 11) is 3.96. The molecule has 6 nitrogen and oxygen atoms in total. The first-order valence-corrected chi connectivity index (χ1v) is 10.5. The van der Waals surface area contributed by atoms with Crippen LogP contribution >= 0.6 is 12.2 Å². The van der Waals surface area contributed by atoms with Crippen molar-refractivity contribution in [3.63, 3.8) is 0 Å². The average molecular weight is 444 g/mol. The molecule has 1 saturated heterocycles. The van der Waals surface area contributed by atoms with Crippen molar-refractivity contribution in [3.8, 4) is 0 Å². The number of carbonyl (C=O) groups is 2. The van der Waals surface area contributed by atoms with Crippen LogP contribution in [-0.4, -0.2) is 55.2 Å². The number of ether oxygens (including phenoxy) is 1. The van der Waals surface area contributed by atoms with Gasteiger partial charge in [0.2, 0.25) is 0 Å². The van der Waals surface area contributed by atoms with E-state index in [0.717, 1.165) is 11.3 Å². The zero-order valence-electron chi connectivity index (χ0n) is 17.9. The lowest BCUT2D eigenvalue weighted by molar-refractivity contribution is -0.145. The van der Waals surface area contributed by atoms with E-state index in [0.29, 0.717) is 23.8 Å². The molecule has 0 saturated carbocycles. The summed E-state index contributed by atoms with van der Waals surface area (Å²) in [5, 5.41) is 0.302. The Bertz CT molecular complexity index is 948. The highest BCUT2D eigenvalue weighted by atomic mass is 32.1. The standard InChI is InChI=1S/C23H26FN3O3S/c1-4-30-21(28)15-20-22(29)27(19-11-7-17(24)8-12-19)23(31)26(20)14-13-16-5-9-18(10-6-16)25(2)3/h5-12,20H,4,13-15H2,1-3H3. The van der Waals surface area contributed by atoms with Gasteiger partial charge in [-0.15, -0.1) is 0 Å². The van der Waals surface area contributed by atoms with Crippen molar-refractivity contribution in [3.05, 3.63) is 59.9 Å². The molecule has 0 spiro atoms. The second-order valence-electron chi connectivity index (χ2n) is 7.46. The number of anilines is 2. The van der Waals surface area contributed by atoms with Crippen LogP contribution in [0, 0.1) is 5.82 Å². The molecule has 3 rings (SSSR count). The zero-order chi connectivity index (χ0) is 22.5. The zero-order valence-corrected chi connectivity index (χ0v) is 18.7. The lowest BCUT2D eigenvalue weighted by atomic mass is 10.1. The molecule has 2 aromatic carbocycles. The molecule has 0 aliphatic carbocycles. The van der Waals surface area contributed by atoms with Gasteiger partial charge in [-0.25, -0.2) is 4.39 Å². The molecule has 1 aliphatic heterocycles. The van der Waals surface area contributed by atoms with Gasteiger partial charge in [0.25, 0.3) is 5.91 Å². The van der Waals surface area contributed by atoms with Crippen molar-refractivity contribution < 1.29 is 18.7 Å². The summed E-state index contributed by atoms with van der Waals surface area (Å²) in [6.07, 6.45) is 0.557. The van der Waals surface area contributed by atoms with Crippen LogP contribution in [0.25, 0.3) is 0 Å². The Kier molecular flexibility index (Phi) is 7.22. The van der Waals surface area contributed by atoms with Crippen molar-refractivity contribution >= 4 is 40.6 Å². The molecule has 0 aromatic heterocycles. The highest BCUT2D eigenvalue weighted by molar-refractivity contribution is 7.80. The Balaban J connectivity index is 1.81. The summed E-state index contributed by atoms with van der Waals surface area (Å²) in [4.78, 5) is 30.5. The number of nitrogens with zero attached hydrogens (tertiary/aromatic N) is 3. The van der Waals surface area contributed by atoms with Crippen molar-refractivity contribution in [2.75, 3.05) is 37.0 Å². The maximum atomic E-state index is 13.4. The van der Waals surface area contributed by atoms with Crippen LogP contribution in [0.2, 0.25) is 0 Å². The van der Waals surface area contributed by atoms with Crippen LogP contribution in [0.3, 0.4) is 0 Å². The van der Waals surface area contributed by atoms with Crippen molar-refractivity contribution in [2.24, 2.45) is 0 Å². The van der Waals surface area contributed by atoms with E-state index in [1.54, 1.807) is 11.8 Å². The fourth-order valence-electron chi connectivity index (χ4n) is 3.50. The first-order valence-electron chi connectivity index (χ1n) is 10.1. The number of halogens is 1. The van der Waals surface area contributed by atoms with Gasteiger partial charge in [0.15, 0.2) is 5.11 Å². The van der Waals surface area contributed by atoms with E-state index in [1.807, 2.05) is 43.3 Å². The SMILES string of the molecule is CCOC(=O)CC1C(=O)N(c2ccc(F)cc2)C(=S)N1CCc1ccc(N(C)C)cc1. The van der Waals surface area contributed by atoms with E-state index in [1.165, 1.54) is 29.2 Å². The topological polar surface area (TPSA) is 53.1 Å². The minimum absolute atomic E-state index is 0.0932. The fourth-order valence-corrected chi connectivity index (χ4v) is 3.92. The van der Waals surface area contributed by atoms with Gasteiger partial charge in [-0.05, 0) is 67.5 Å². The first-order chi connectivity index (χ1) is 14.8. The summed E-state index contributed by atoms with van der Waals surface area (Å²) >= 11 is 5.60. The van der Waals surface area contributed by atoms with E-state index >= 15 is 0 Å². The number of hydrogen-bond acceptors (Lipinski definition) is 5. The lowest BCUT2D eigenvalue weighted by Crippen LogP contribution is -2.38. The van der Waals surface area contributed by atoms with Crippen LogP contribution in [-0.2, 0) is 20.7 Å². The smallest absolute Gasteiger partial charge is 0.308 e. The van der Waals surface area contributed by atoms with Gasteiger partial charge in [0, 0.05) is 26.3 Å². The van der Waals surface area contributed by atoms with E-state index < -0.39 is 17.8 Å². The first kappa shape index (κ1) is 22.7. The molecule has 0 radical (unpaired) electrons. The van der Waals surface area contributed by atoms with Crippen molar-refractivity contribution in [2.45, 2.75) is 25.8 Å². The molecular formula is C23H26FN3O3S. The Morgan fingerprint density at radius 1 is 1.13 bits per heavy atom. The number of carbonyl (C=O) groups excluding carboxylic acids is 2.